The van der Waals surface area contributed by atoms with Crippen LogP contribution in [-0.4, -0.2) is 48.2 Å². The van der Waals surface area contributed by atoms with Gasteiger partial charge in [0.05, 0.1) is 6.04 Å². The van der Waals surface area contributed by atoms with Crippen molar-refractivity contribution < 1.29 is 41.1 Å². The highest BCUT2D eigenvalue weighted by Gasteiger charge is 2.52. The van der Waals surface area contributed by atoms with Crippen LogP contribution in [0.2, 0.25) is 15.1 Å². The van der Waals surface area contributed by atoms with Crippen molar-refractivity contribution in [1.29, 1.82) is 0 Å². The summed E-state index contributed by atoms with van der Waals surface area (Å²) in [5, 5.41) is 6.29. The first-order valence-electron chi connectivity index (χ1n) is 11.7. The Morgan fingerprint density at radius 1 is 0.854 bits per heavy atom. The van der Waals surface area contributed by atoms with Crippen molar-refractivity contribution in [2.24, 2.45) is 5.92 Å². The summed E-state index contributed by atoms with van der Waals surface area (Å²) in [5.41, 5.74) is 0.589. The van der Waals surface area contributed by atoms with E-state index >= 15 is 0 Å². The Kier molecular flexibility index (Phi) is 11.7. The summed E-state index contributed by atoms with van der Waals surface area (Å²) in [6, 6.07) is 6.40. The van der Waals surface area contributed by atoms with Gasteiger partial charge < -0.3 is 16.0 Å². The van der Waals surface area contributed by atoms with Crippen LogP contribution in [0.3, 0.4) is 0 Å². The highest BCUT2D eigenvalue weighted by atomic mass is 35.5. The van der Waals surface area contributed by atoms with E-state index in [9.17, 15) is 41.1 Å². The smallest absolute Gasteiger partial charge is 0.344 e. The largest absolute Gasteiger partial charge is 0.405 e. The summed E-state index contributed by atoms with van der Waals surface area (Å²) in [6.07, 6.45) is -2.62. The lowest BCUT2D eigenvalue weighted by atomic mass is 9.94. The van der Waals surface area contributed by atoms with Crippen molar-refractivity contribution in [1.82, 2.24) is 16.0 Å². The van der Waals surface area contributed by atoms with Gasteiger partial charge in [0.25, 0.3) is 5.91 Å². The van der Waals surface area contributed by atoms with Crippen molar-refractivity contribution >= 4 is 64.4 Å². The topological polar surface area (TPSA) is 104 Å². The molecule has 0 radical (unpaired) electrons. The lowest BCUT2D eigenvalue weighted by Gasteiger charge is -2.27. The molecular formula is C26H23Cl3F5N3O4. The summed E-state index contributed by atoms with van der Waals surface area (Å²) in [4.78, 5) is 50.3. The molecule has 3 amide bonds. The number of carbonyl (C=O) groups excluding carboxylic acids is 4. The van der Waals surface area contributed by atoms with E-state index in [2.05, 4.69) is 10.6 Å². The summed E-state index contributed by atoms with van der Waals surface area (Å²) in [6.45, 7) is 0.440. The lowest BCUT2D eigenvalue weighted by molar-refractivity contribution is -0.165. The molecule has 2 atom stereocenters. The molecule has 0 saturated carbocycles. The number of carbonyl (C=O) groups is 4. The molecule has 0 aliphatic heterocycles. The minimum Gasteiger partial charge on any atom is -0.344 e. The molecule has 0 aliphatic rings. The van der Waals surface area contributed by atoms with Gasteiger partial charge in [-0.2, -0.15) is 22.0 Å². The Morgan fingerprint density at radius 2 is 1.41 bits per heavy atom. The Labute approximate surface area is 246 Å². The number of hydrogen-bond donors (Lipinski definition) is 3. The zero-order valence-electron chi connectivity index (χ0n) is 21.3. The van der Waals surface area contributed by atoms with E-state index in [0.717, 1.165) is 11.4 Å². The normalized spacial score (nSPS) is 13.5. The van der Waals surface area contributed by atoms with Crippen LogP contribution in [0.25, 0.3) is 6.08 Å². The third kappa shape index (κ3) is 10.3. The number of amides is 3. The number of alkyl halides is 5. The van der Waals surface area contributed by atoms with Crippen LogP contribution in [0.1, 0.15) is 31.0 Å². The van der Waals surface area contributed by atoms with Gasteiger partial charge in [0, 0.05) is 21.1 Å². The molecule has 0 bridgehead atoms. The number of hydrogen-bond acceptors (Lipinski definition) is 4. The molecule has 2 aromatic carbocycles. The molecule has 0 fully saturated rings. The molecule has 15 heteroatoms. The minimum absolute atomic E-state index is 0.143. The number of rotatable bonds is 11. The fourth-order valence-corrected chi connectivity index (χ4v) is 4.03. The van der Waals surface area contributed by atoms with Gasteiger partial charge in [-0.25, -0.2) is 0 Å². The Bertz CT molecular complexity index is 1300. The predicted octanol–water partition coefficient (Wildman–Crippen LogP) is 5.54. The van der Waals surface area contributed by atoms with Crippen molar-refractivity contribution in [3.05, 3.63) is 74.7 Å². The second kappa shape index (κ2) is 14.1. The maximum atomic E-state index is 14.6. The van der Waals surface area contributed by atoms with E-state index in [4.69, 9.17) is 34.8 Å². The van der Waals surface area contributed by atoms with Gasteiger partial charge in [-0.1, -0.05) is 60.8 Å². The van der Waals surface area contributed by atoms with Crippen LogP contribution in [0, 0.1) is 5.92 Å². The van der Waals surface area contributed by atoms with E-state index in [1.165, 1.54) is 62.4 Å². The van der Waals surface area contributed by atoms with Gasteiger partial charge in [-0.15, -0.1) is 0 Å². The van der Waals surface area contributed by atoms with E-state index < -0.39 is 60.1 Å². The minimum atomic E-state index is -5.00. The highest BCUT2D eigenvalue weighted by molar-refractivity contribution is 6.34. The molecule has 222 valence electrons. The van der Waals surface area contributed by atoms with Crippen molar-refractivity contribution in [3.63, 3.8) is 0 Å². The number of benzene rings is 2. The molecule has 0 aromatic heterocycles. The van der Waals surface area contributed by atoms with Crippen LogP contribution in [-0.2, 0) is 19.2 Å². The molecule has 0 unspecified atom stereocenters. The SMILES string of the molecule is CC(C)[C@H](NC(=O)[C@@H](NC(=O)C=Cc1cc(Cl)cc(Cl)c1)c1ccc(Cl)cc1)C(=O)C(F)(F)C(=O)NCC(F)(F)F. The first-order chi connectivity index (χ1) is 18.9. The third-order valence-corrected chi connectivity index (χ3v) is 6.04. The number of ketones is 1. The predicted molar refractivity (Wildman–Crippen MR) is 144 cm³/mol. The van der Waals surface area contributed by atoms with Crippen LogP contribution in [0.15, 0.2) is 48.5 Å². The van der Waals surface area contributed by atoms with Gasteiger partial charge in [0.1, 0.15) is 12.6 Å². The maximum absolute atomic E-state index is 14.6. The fraction of sp³-hybridized carbons (Fsp3) is 0.308. The van der Waals surface area contributed by atoms with Gasteiger partial charge in [0.15, 0.2) is 0 Å². The fourth-order valence-electron chi connectivity index (χ4n) is 3.36. The monoisotopic (exact) mass is 641 g/mol. The lowest BCUT2D eigenvalue weighted by Crippen LogP contribution is -2.58. The third-order valence-electron chi connectivity index (χ3n) is 5.36. The summed E-state index contributed by atoms with van der Waals surface area (Å²) in [5.74, 6) is -12.5. The summed E-state index contributed by atoms with van der Waals surface area (Å²) in [7, 11) is 0. The molecule has 41 heavy (non-hydrogen) atoms. The highest BCUT2D eigenvalue weighted by Crippen LogP contribution is 2.24. The van der Waals surface area contributed by atoms with Crippen LogP contribution in [0.4, 0.5) is 22.0 Å². The number of nitrogens with one attached hydrogen (secondary N) is 3. The second-order valence-corrected chi connectivity index (χ2v) is 10.3. The molecule has 0 saturated heterocycles. The molecular weight excluding hydrogens is 620 g/mol. The van der Waals surface area contributed by atoms with Gasteiger partial charge in [-0.05, 0) is 53.5 Å². The average Bonchev–Trinajstić information content (AvgIpc) is 2.86. The van der Waals surface area contributed by atoms with Gasteiger partial charge in [-0.3, -0.25) is 19.2 Å². The first-order valence-corrected chi connectivity index (χ1v) is 12.8. The summed E-state index contributed by atoms with van der Waals surface area (Å²) >= 11 is 17.8. The van der Waals surface area contributed by atoms with E-state index in [1.54, 1.807) is 0 Å². The maximum Gasteiger partial charge on any atom is 0.405 e. The average molecular weight is 643 g/mol. The van der Waals surface area contributed by atoms with Gasteiger partial charge in [0.2, 0.25) is 17.6 Å². The molecule has 0 aliphatic carbocycles. The van der Waals surface area contributed by atoms with Crippen molar-refractivity contribution in [3.8, 4) is 0 Å². The van der Waals surface area contributed by atoms with Crippen molar-refractivity contribution in [2.75, 3.05) is 6.54 Å². The molecule has 7 nitrogen and oxygen atoms in total. The molecule has 0 spiro atoms. The Morgan fingerprint density at radius 3 is 1.93 bits per heavy atom. The Balaban J connectivity index is 2.30. The van der Waals surface area contributed by atoms with Crippen LogP contribution >= 0.6 is 34.8 Å². The first kappa shape index (κ1) is 34.0. The van der Waals surface area contributed by atoms with E-state index in [0.29, 0.717) is 15.6 Å². The van der Waals surface area contributed by atoms with Crippen LogP contribution < -0.4 is 16.0 Å². The van der Waals surface area contributed by atoms with E-state index in [1.807, 2.05) is 0 Å². The number of halogens is 8. The standard InChI is InChI=1S/C26H23Cl3F5N3O4/c1-13(2)20(22(39)26(33,34)24(41)35-12-25(30,31)32)37-23(40)21(15-4-6-16(27)7-5-15)36-19(38)8-3-14-9-17(28)11-18(29)10-14/h3-11,13,20-21H,12H2,1-2H3,(H,35,41)(H,36,38)(H,37,40)/t20-,21-/m0/s1. The second-order valence-electron chi connectivity index (χ2n) is 9.00. The molecule has 0 heterocycles. The summed E-state index contributed by atoms with van der Waals surface area (Å²) < 4.78 is 66.2. The zero-order valence-corrected chi connectivity index (χ0v) is 23.6. The van der Waals surface area contributed by atoms with Gasteiger partial charge >= 0.3 is 12.1 Å². The quantitative estimate of drug-likeness (QED) is 0.170. The van der Waals surface area contributed by atoms with Crippen molar-refractivity contribution in [2.45, 2.75) is 38.0 Å². The molecule has 2 aromatic rings. The number of Topliss-reactive ketones (excluding diaryl/α,β-unsaturated/α-hetero) is 1. The molecule has 3 N–H and O–H groups in total. The Hall–Kier alpha value is -3.22. The van der Waals surface area contributed by atoms with E-state index in [-0.39, 0.29) is 10.6 Å². The molecule has 2 rings (SSSR count). The van der Waals surface area contributed by atoms with Crippen LogP contribution in [0.5, 0.6) is 0 Å². The zero-order chi connectivity index (χ0) is 31.1.